The Morgan fingerprint density at radius 1 is 1.12 bits per heavy atom. The van der Waals surface area contributed by atoms with Crippen molar-refractivity contribution in [2.75, 3.05) is 0 Å². The molecule has 0 aromatic carbocycles. The molecule has 1 fully saturated rings. The molecule has 0 aromatic rings. The van der Waals surface area contributed by atoms with Gasteiger partial charge in [0.2, 0.25) is 0 Å². The first-order valence-electron chi connectivity index (χ1n) is 6.56. The predicted octanol–water partition coefficient (Wildman–Crippen LogP) is 2.75. The maximum Gasteiger partial charge on any atom is 0.0650 e. The maximum absolute atomic E-state index is 10.3. The Labute approximate surface area is 99.4 Å². The molecule has 0 heterocycles. The molecule has 94 valence electrons. The summed E-state index contributed by atoms with van der Waals surface area (Å²) in [6, 6.07) is 0. The van der Waals surface area contributed by atoms with Gasteiger partial charge in [-0.25, -0.2) is 0 Å². The number of aliphatic hydroxyl groups excluding tert-OH is 2. The number of aliphatic hydroxyl groups is 2. The molecule has 1 rings (SSSR count). The van der Waals surface area contributed by atoms with Crippen molar-refractivity contribution in [2.45, 2.75) is 58.2 Å². The van der Waals surface area contributed by atoms with Crippen LogP contribution in [0.3, 0.4) is 0 Å². The topological polar surface area (TPSA) is 40.5 Å². The standard InChI is InChI=1S/C14H26O2/c1-4-10(2)13(15)11(3)14(16)12-8-6-5-7-9-12/h4,10-16H,1,5-9H2,2-3H3/t10-,11-,13-,14-/m0/s1. The summed E-state index contributed by atoms with van der Waals surface area (Å²) in [7, 11) is 0. The maximum atomic E-state index is 10.3. The van der Waals surface area contributed by atoms with E-state index in [1.165, 1.54) is 19.3 Å². The van der Waals surface area contributed by atoms with Gasteiger partial charge in [-0.05, 0) is 18.8 Å². The second-order valence-corrected chi connectivity index (χ2v) is 5.33. The number of hydrogen-bond donors (Lipinski definition) is 2. The molecule has 0 bridgehead atoms. The lowest BCUT2D eigenvalue weighted by Crippen LogP contribution is -2.38. The van der Waals surface area contributed by atoms with E-state index in [9.17, 15) is 10.2 Å². The summed E-state index contributed by atoms with van der Waals surface area (Å²) in [5, 5.41) is 20.3. The van der Waals surface area contributed by atoms with Gasteiger partial charge in [0.1, 0.15) is 0 Å². The van der Waals surface area contributed by atoms with Gasteiger partial charge < -0.3 is 10.2 Å². The van der Waals surface area contributed by atoms with Crippen LogP contribution in [0.5, 0.6) is 0 Å². The Balaban J connectivity index is 2.50. The van der Waals surface area contributed by atoms with Crippen LogP contribution in [0, 0.1) is 17.8 Å². The highest BCUT2D eigenvalue weighted by Crippen LogP contribution is 2.31. The molecule has 0 unspecified atom stereocenters. The largest absolute Gasteiger partial charge is 0.392 e. The average molecular weight is 226 g/mol. The minimum atomic E-state index is -0.477. The molecule has 16 heavy (non-hydrogen) atoms. The predicted molar refractivity (Wildman–Crippen MR) is 67.1 cm³/mol. The van der Waals surface area contributed by atoms with E-state index in [4.69, 9.17) is 0 Å². The van der Waals surface area contributed by atoms with Crippen LogP contribution in [0.2, 0.25) is 0 Å². The minimum Gasteiger partial charge on any atom is -0.392 e. The molecule has 0 saturated heterocycles. The lowest BCUT2D eigenvalue weighted by atomic mass is 9.77. The normalized spacial score (nSPS) is 25.8. The fraction of sp³-hybridized carbons (Fsp3) is 0.857. The third-order valence-electron chi connectivity index (χ3n) is 4.12. The van der Waals surface area contributed by atoms with Gasteiger partial charge >= 0.3 is 0 Å². The Morgan fingerprint density at radius 3 is 2.19 bits per heavy atom. The molecule has 1 aliphatic rings. The fourth-order valence-electron chi connectivity index (χ4n) is 2.73. The van der Waals surface area contributed by atoms with Gasteiger partial charge in [-0.3, -0.25) is 0 Å². The van der Waals surface area contributed by atoms with Crippen LogP contribution in [-0.4, -0.2) is 22.4 Å². The summed E-state index contributed by atoms with van der Waals surface area (Å²) in [6.45, 7) is 7.59. The van der Waals surface area contributed by atoms with Crippen molar-refractivity contribution in [1.82, 2.24) is 0 Å². The fourth-order valence-corrected chi connectivity index (χ4v) is 2.73. The van der Waals surface area contributed by atoms with Crippen molar-refractivity contribution in [2.24, 2.45) is 17.8 Å². The molecule has 0 spiro atoms. The van der Waals surface area contributed by atoms with Crippen molar-refractivity contribution in [3.8, 4) is 0 Å². The second-order valence-electron chi connectivity index (χ2n) is 5.33. The first-order valence-corrected chi connectivity index (χ1v) is 6.56. The van der Waals surface area contributed by atoms with E-state index in [1.807, 2.05) is 13.8 Å². The quantitative estimate of drug-likeness (QED) is 0.708. The summed E-state index contributed by atoms with van der Waals surface area (Å²) < 4.78 is 0. The summed E-state index contributed by atoms with van der Waals surface area (Å²) in [4.78, 5) is 0. The summed E-state index contributed by atoms with van der Waals surface area (Å²) in [5.41, 5.74) is 0. The van der Waals surface area contributed by atoms with Crippen molar-refractivity contribution in [1.29, 1.82) is 0 Å². The van der Waals surface area contributed by atoms with E-state index in [-0.39, 0.29) is 17.9 Å². The van der Waals surface area contributed by atoms with Gasteiger partial charge in [-0.15, -0.1) is 6.58 Å². The molecule has 0 aromatic heterocycles. The highest BCUT2D eigenvalue weighted by molar-refractivity contribution is 4.88. The number of hydrogen-bond acceptors (Lipinski definition) is 2. The molecule has 2 nitrogen and oxygen atoms in total. The average Bonchev–Trinajstić information content (AvgIpc) is 2.36. The zero-order valence-corrected chi connectivity index (χ0v) is 10.6. The Bertz CT molecular complexity index is 209. The van der Waals surface area contributed by atoms with Crippen molar-refractivity contribution < 1.29 is 10.2 Å². The van der Waals surface area contributed by atoms with Crippen LogP contribution in [0.1, 0.15) is 46.0 Å². The summed E-state index contributed by atoms with van der Waals surface area (Å²) in [5.74, 6) is 0.375. The summed E-state index contributed by atoms with van der Waals surface area (Å²) >= 11 is 0. The molecule has 4 atom stereocenters. The molecular formula is C14H26O2. The van der Waals surface area contributed by atoms with Gasteiger partial charge in [0, 0.05) is 11.8 Å². The van der Waals surface area contributed by atoms with Crippen molar-refractivity contribution >= 4 is 0 Å². The first kappa shape index (κ1) is 13.7. The lowest BCUT2D eigenvalue weighted by molar-refractivity contribution is -0.0316. The van der Waals surface area contributed by atoms with E-state index in [0.717, 1.165) is 12.8 Å². The van der Waals surface area contributed by atoms with Crippen molar-refractivity contribution in [3.05, 3.63) is 12.7 Å². The molecule has 0 radical (unpaired) electrons. The van der Waals surface area contributed by atoms with Crippen LogP contribution >= 0.6 is 0 Å². The van der Waals surface area contributed by atoms with Crippen LogP contribution in [0.15, 0.2) is 12.7 Å². The monoisotopic (exact) mass is 226 g/mol. The zero-order valence-electron chi connectivity index (χ0n) is 10.6. The van der Waals surface area contributed by atoms with E-state index in [2.05, 4.69) is 6.58 Å². The van der Waals surface area contributed by atoms with Gasteiger partial charge in [-0.2, -0.15) is 0 Å². The van der Waals surface area contributed by atoms with Crippen LogP contribution in [0.25, 0.3) is 0 Å². The van der Waals surface area contributed by atoms with E-state index in [0.29, 0.717) is 5.92 Å². The lowest BCUT2D eigenvalue weighted by Gasteiger charge is -2.34. The molecule has 2 N–H and O–H groups in total. The molecule has 0 aliphatic heterocycles. The molecule has 1 saturated carbocycles. The third kappa shape index (κ3) is 3.33. The molecule has 0 amide bonds. The first-order chi connectivity index (χ1) is 7.57. The zero-order chi connectivity index (χ0) is 12.1. The van der Waals surface area contributed by atoms with Crippen LogP contribution in [0.4, 0.5) is 0 Å². The van der Waals surface area contributed by atoms with E-state index in [1.54, 1.807) is 6.08 Å². The van der Waals surface area contributed by atoms with Crippen LogP contribution < -0.4 is 0 Å². The SMILES string of the molecule is C=C[C@H](C)[C@H](O)[C@H](C)[C@H](O)C1CCCCC1. The van der Waals surface area contributed by atoms with E-state index < -0.39 is 6.10 Å². The highest BCUT2D eigenvalue weighted by Gasteiger charge is 2.31. The number of rotatable bonds is 5. The van der Waals surface area contributed by atoms with Gasteiger partial charge in [0.25, 0.3) is 0 Å². The van der Waals surface area contributed by atoms with E-state index >= 15 is 0 Å². The van der Waals surface area contributed by atoms with Gasteiger partial charge in [0.15, 0.2) is 0 Å². The molecular weight excluding hydrogens is 200 g/mol. The Morgan fingerprint density at radius 2 is 1.69 bits per heavy atom. The van der Waals surface area contributed by atoms with Gasteiger partial charge in [0.05, 0.1) is 12.2 Å². The Hall–Kier alpha value is -0.340. The van der Waals surface area contributed by atoms with Crippen LogP contribution in [-0.2, 0) is 0 Å². The highest BCUT2D eigenvalue weighted by atomic mass is 16.3. The Kier molecular flexibility index (Phi) is 5.50. The smallest absolute Gasteiger partial charge is 0.0650 e. The molecule has 2 heteroatoms. The van der Waals surface area contributed by atoms with Crippen molar-refractivity contribution in [3.63, 3.8) is 0 Å². The van der Waals surface area contributed by atoms with Gasteiger partial charge in [-0.1, -0.05) is 39.2 Å². The second kappa shape index (κ2) is 6.41. The minimum absolute atomic E-state index is 0.0493. The third-order valence-corrected chi connectivity index (χ3v) is 4.12. The summed E-state index contributed by atoms with van der Waals surface area (Å²) in [6.07, 6.45) is 6.88. The molecule has 1 aliphatic carbocycles.